The van der Waals surface area contributed by atoms with Crippen molar-refractivity contribution in [3.8, 4) is 5.75 Å². The number of nitrogens with one attached hydrogen (secondary N) is 1. The highest BCUT2D eigenvalue weighted by Crippen LogP contribution is 2.34. The molecule has 0 aromatic heterocycles. The molecule has 190 valence electrons. The van der Waals surface area contributed by atoms with Crippen molar-refractivity contribution in [3.05, 3.63) is 89.4 Å². The number of nitrogens with zero attached hydrogens (tertiary/aromatic N) is 1. The fourth-order valence-corrected chi connectivity index (χ4v) is 5.99. The fourth-order valence-electron chi connectivity index (χ4n) is 4.40. The number of benzene rings is 3. The molecule has 0 radical (unpaired) electrons. The van der Waals surface area contributed by atoms with Crippen LogP contribution in [0.2, 0.25) is 5.02 Å². The van der Waals surface area contributed by atoms with Gasteiger partial charge in [0.15, 0.2) is 0 Å². The van der Waals surface area contributed by atoms with Gasteiger partial charge in [0.1, 0.15) is 12.3 Å². The first-order valence-electron chi connectivity index (χ1n) is 11.7. The largest absolute Gasteiger partial charge is 0.497 e. The maximum atomic E-state index is 13.6. The summed E-state index contributed by atoms with van der Waals surface area (Å²) in [5, 5.41) is 3.36. The standard InChI is InChI=1S/C27H29ClN2O5S/c1-34-24-10-12-25(13-11-24)36(32,33)30(23-9-5-8-22(28)18-23)19-26(31)29-20-27(14-16-35-17-15-27)21-6-3-2-4-7-21/h2-13,18H,14-17,19-20H2,1H3,(H,29,31). The van der Waals surface area contributed by atoms with E-state index in [1.165, 1.54) is 25.3 Å². The van der Waals surface area contributed by atoms with Crippen LogP contribution in [0, 0.1) is 0 Å². The monoisotopic (exact) mass is 528 g/mol. The Morgan fingerprint density at radius 2 is 1.72 bits per heavy atom. The van der Waals surface area contributed by atoms with Crippen LogP contribution in [0.5, 0.6) is 5.75 Å². The van der Waals surface area contributed by atoms with Crippen LogP contribution in [0.4, 0.5) is 5.69 Å². The Kier molecular flexibility index (Phi) is 8.18. The van der Waals surface area contributed by atoms with Crippen LogP contribution in [-0.2, 0) is 25.0 Å². The van der Waals surface area contributed by atoms with Gasteiger partial charge in [-0.3, -0.25) is 9.10 Å². The van der Waals surface area contributed by atoms with Gasteiger partial charge in [0, 0.05) is 30.2 Å². The van der Waals surface area contributed by atoms with Crippen LogP contribution >= 0.6 is 11.6 Å². The van der Waals surface area contributed by atoms with Gasteiger partial charge in [0.25, 0.3) is 10.0 Å². The molecule has 0 saturated carbocycles. The topological polar surface area (TPSA) is 84.9 Å². The average Bonchev–Trinajstić information content (AvgIpc) is 2.91. The molecule has 1 aliphatic rings. The molecule has 0 atom stereocenters. The Morgan fingerprint density at radius 1 is 1.03 bits per heavy atom. The Morgan fingerprint density at radius 3 is 2.36 bits per heavy atom. The number of carbonyl (C=O) groups excluding carboxylic acids is 1. The summed E-state index contributed by atoms with van der Waals surface area (Å²) in [7, 11) is -2.56. The molecule has 1 N–H and O–H groups in total. The predicted molar refractivity (Wildman–Crippen MR) is 140 cm³/mol. The van der Waals surface area contributed by atoms with Gasteiger partial charge in [0.05, 0.1) is 17.7 Å². The first-order chi connectivity index (χ1) is 17.3. The number of hydrogen-bond acceptors (Lipinski definition) is 5. The summed E-state index contributed by atoms with van der Waals surface area (Å²) >= 11 is 6.16. The first kappa shape index (κ1) is 26.0. The number of carbonyl (C=O) groups is 1. The Hall–Kier alpha value is -3.07. The number of methoxy groups -OCH3 is 1. The molecule has 1 aliphatic heterocycles. The summed E-state index contributed by atoms with van der Waals surface area (Å²) in [6.45, 7) is 1.19. The van der Waals surface area contributed by atoms with Gasteiger partial charge in [-0.05, 0) is 60.9 Å². The van der Waals surface area contributed by atoms with Gasteiger partial charge in [-0.2, -0.15) is 0 Å². The molecule has 0 spiro atoms. The Labute approximate surface area is 217 Å². The van der Waals surface area contributed by atoms with Gasteiger partial charge < -0.3 is 14.8 Å². The second kappa shape index (κ2) is 11.3. The lowest BCUT2D eigenvalue weighted by atomic mass is 9.74. The second-order valence-corrected chi connectivity index (χ2v) is 11.0. The second-order valence-electron chi connectivity index (χ2n) is 8.70. The Balaban J connectivity index is 1.58. The first-order valence-corrected chi connectivity index (χ1v) is 13.5. The highest BCUT2D eigenvalue weighted by molar-refractivity contribution is 7.92. The van der Waals surface area contributed by atoms with E-state index in [4.69, 9.17) is 21.1 Å². The van der Waals surface area contributed by atoms with Crippen LogP contribution in [0.3, 0.4) is 0 Å². The zero-order chi connectivity index (χ0) is 25.6. The molecule has 4 rings (SSSR count). The van der Waals surface area contributed by atoms with Crippen molar-refractivity contribution < 1.29 is 22.7 Å². The third-order valence-electron chi connectivity index (χ3n) is 6.49. The van der Waals surface area contributed by atoms with Crippen molar-refractivity contribution in [2.45, 2.75) is 23.2 Å². The van der Waals surface area contributed by atoms with Crippen LogP contribution in [-0.4, -0.2) is 47.7 Å². The predicted octanol–water partition coefficient (Wildman–Crippen LogP) is 4.41. The zero-order valence-electron chi connectivity index (χ0n) is 20.0. The van der Waals surface area contributed by atoms with Crippen molar-refractivity contribution in [1.29, 1.82) is 0 Å². The maximum absolute atomic E-state index is 13.6. The molecule has 9 heteroatoms. The number of rotatable bonds is 9. The lowest BCUT2D eigenvalue weighted by Gasteiger charge is -2.38. The number of hydrogen-bond donors (Lipinski definition) is 1. The minimum Gasteiger partial charge on any atom is -0.497 e. The Bertz CT molecular complexity index is 1280. The third-order valence-corrected chi connectivity index (χ3v) is 8.51. The summed E-state index contributed by atoms with van der Waals surface area (Å²) in [5.74, 6) is 0.123. The molecule has 1 fully saturated rings. The van der Waals surface area contributed by atoms with E-state index in [2.05, 4.69) is 17.4 Å². The summed E-state index contributed by atoms with van der Waals surface area (Å²) in [6.07, 6.45) is 1.53. The summed E-state index contributed by atoms with van der Waals surface area (Å²) in [5.41, 5.74) is 1.16. The van der Waals surface area contributed by atoms with E-state index in [1.807, 2.05) is 18.2 Å². The number of amides is 1. The van der Waals surface area contributed by atoms with Gasteiger partial charge in [0.2, 0.25) is 5.91 Å². The zero-order valence-corrected chi connectivity index (χ0v) is 21.6. The van der Waals surface area contributed by atoms with E-state index >= 15 is 0 Å². The van der Waals surface area contributed by atoms with E-state index < -0.39 is 22.5 Å². The van der Waals surface area contributed by atoms with Crippen molar-refractivity contribution in [2.75, 3.05) is 37.7 Å². The molecular weight excluding hydrogens is 500 g/mol. The molecule has 1 saturated heterocycles. The van der Waals surface area contributed by atoms with E-state index in [0.29, 0.717) is 36.2 Å². The van der Waals surface area contributed by atoms with E-state index in [0.717, 1.165) is 22.7 Å². The minimum absolute atomic E-state index is 0.0428. The molecule has 3 aromatic rings. The molecule has 1 heterocycles. The average molecular weight is 529 g/mol. The van der Waals surface area contributed by atoms with Crippen LogP contribution in [0.25, 0.3) is 0 Å². The quantitative estimate of drug-likeness (QED) is 0.445. The summed E-state index contributed by atoms with van der Waals surface area (Å²) in [4.78, 5) is 13.2. The maximum Gasteiger partial charge on any atom is 0.264 e. The third kappa shape index (κ3) is 5.83. The molecule has 0 unspecified atom stereocenters. The van der Waals surface area contributed by atoms with E-state index in [9.17, 15) is 13.2 Å². The number of ether oxygens (including phenoxy) is 2. The van der Waals surface area contributed by atoms with Crippen molar-refractivity contribution in [2.24, 2.45) is 0 Å². The minimum atomic E-state index is -4.06. The molecule has 1 amide bonds. The number of halogens is 1. The van der Waals surface area contributed by atoms with Crippen LogP contribution in [0.1, 0.15) is 18.4 Å². The van der Waals surface area contributed by atoms with E-state index in [1.54, 1.807) is 30.3 Å². The molecule has 0 aliphatic carbocycles. The highest BCUT2D eigenvalue weighted by Gasteiger charge is 2.35. The fraction of sp³-hybridized carbons (Fsp3) is 0.296. The SMILES string of the molecule is COc1ccc(S(=O)(=O)N(CC(=O)NCC2(c3ccccc3)CCOCC2)c2cccc(Cl)c2)cc1. The van der Waals surface area contributed by atoms with Gasteiger partial charge in [-0.1, -0.05) is 48.0 Å². The molecule has 7 nitrogen and oxygen atoms in total. The van der Waals surface area contributed by atoms with Crippen molar-refractivity contribution in [1.82, 2.24) is 5.32 Å². The number of sulfonamides is 1. The molecular formula is C27H29ClN2O5S. The van der Waals surface area contributed by atoms with E-state index in [-0.39, 0.29) is 10.3 Å². The van der Waals surface area contributed by atoms with Crippen LogP contribution < -0.4 is 14.4 Å². The smallest absolute Gasteiger partial charge is 0.264 e. The lowest BCUT2D eigenvalue weighted by Crippen LogP contribution is -2.48. The lowest BCUT2D eigenvalue weighted by molar-refractivity contribution is -0.120. The molecule has 0 bridgehead atoms. The van der Waals surface area contributed by atoms with Crippen molar-refractivity contribution >= 4 is 33.2 Å². The molecule has 36 heavy (non-hydrogen) atoms. The number of anilines is 1. The normalized spacial score (nSPS) is 15.2. The molecule has 3 aromatic carbocycles. The summed E-state index contributed by atoms with van der Waals surface area (Å²) in [6, 6.07) is 22.5. The summed E-state index contributed by atoms with van der Waals surface area (Å²) < 4.78 is 39.0. The van der Waals surface area contributed by atoms with Gasteiger partial charge in [-0.15, -0.1) is 0 Å². The van der Waals surface area contributed by atoms with Crippen molar-refractivity contribution in [3.63, 3.8) is 0 Å². The van der Waals surface area contributed by atoms with Crippen LogP contribution in [0.15, 0.2) is 83.8 Å². The van der Waals surface area contributed by atoms with Gasteiger partial charge in [-0.25, -0.2) is 8.42 Å². The highest BCUT2D eigenvalue weighted by atomic mass is 35.5. The van der Waals surface area contributed by atoms with Gasteiger partial charge >= 0.3 is 0 Å².